The zero-order chi connectivity index (χ0) is 77.8. The lowest BCUT2D eigenvalue weighted by Crippen LogP contribution is -1.82. The Morgan fingerprint density at radius 3 is 0.889 bits per heavy atom. The molecule has 0 aliphatic heterocycles. The molecule has 0 saturated carbocycles. The average molecular weight is 1410 g/mol. The predicted molar refractivity (Wildman–Crippen MR) is 482 cm³/mol. The van der Waals surface area contributed by atoms with Crippen molar-refractivity contribution in [2.45, 2.75) is 138 Å². The molecule has 17 aromatic rings. The molecular formula is C108H114. The summed E-state index contributed by atoms with van der Waals surface area (Å²) in [6, 6.07) is 116. The van der Waals surface area contributed by atoms with Crippen LogP contribution in [0.5, 0.6) is 0 Å². The Labute approximate surface area is 648 Å². The second-order valence-electron chi connectivity index (χ2n) is 29.5. The van der Waals surface area contributed by atoms with E-state index in [4.69, 9.17) is 0 Å². The SMILES string of the molecule is Cc1cc(C)c2ccccc2c1.Cc1cc2ccccc2cc1C.Cc1ccc(C)cc1.Cc1ccc2c(C)cccc2c1.Cc1ccc2cc(C)ccc2c1.Cc1ccc2ccc(C)cc2c1.Cc1ccc2cccc(C)c2c1.Cc1ccc2ccccc2c1C.Cc1cccc(C)c1.Cc1ccccc1C. The van der Waals surface area contributed by atoms with E-state index in [0.29, 0.717) is 0 Å². The lowest BCUT2D eigenvalue weighted by molar-refractivity contribution is 1.34. The Bertz CT molecular complexity index is 5500. The monoisotopic (exact) mass is 1410 g/mol. The minimum absolute atomic E-state index is 1.33. The summed E-state index contributed by atoms with van der Waals surface area (Å²) in [6.07, 6.45) is 0. The first kappa shape index (κ1) is 82.2. The summed E-state index contributed by atoms with van der Waals surface area (Å²) in [5, 5.41) is 18.8. The summed E-state index contributed by atoms with van der Waals surface area (Å²) in [4.78, 5) is 0. The van der Waals surface area contributed by atoms with Crippen molar-refractivity contribution in [3.8, 4) is 0 Å². The van der Waals surface area contributed by atoms with Gasteiger partial charge in [0.25, 0.3) is 0 Å². The first-order chi connectivity index (χ1) is 51.8. The molecule has 546 valence electrons. The summed E-state index contributed by atoms with van der Waals surface area (Å²) >= 11 is 0. The summed E-state index contributed by atoms with van der Waals surface area (Å²) in [7, 11) is 0. The minimum Gasteiger partial charge on any atom is -0.0620 e. The van der Waals surface area contributed by atoms with Crippen LogP contribution in [0, 0.1) is 138 Å². The largest absolute Gasteiger partial charge is 0.0620 e. The van der Waals surface area contributed by atoms with Crippen LogP contribution in [0.4, 0.5) is 0 Å². The molecule has 0 heterocycles. The van der Waals surface area contributed by atoms with Gasteiger partial charge in [0.2, 0.25) is 0 Å². The van der Waals surface area contributed by atoms with E-state index in [1.54, 1.807) is 0 Å². The topological polar surface area (TPSA) is 0 Å². The predicted octanol–water partition coefficient (Wildman–Crippen LogP) is 31.1. The van der Waals surface area contributed by atoms with Crippen LogP contribution in [-0.4, -0.2) is 0 Å². The minimum atomic E-state index is 1.33. The van der Waals surface area contributed by atoms with E-state index < -0.39 is 0 Å². The lowest BCUT2D eigenvalue weighted by atomic mass is 10.0. The van der Waals surface area contributed by atoms with Crippen molar-refractivity contribution in [2.24, 2.45) is 0 Å². The number of hydrogen-bond donors (Lipinski definition) is 0. The molecule has 0 heteroatoms. The van der Waals surface area contributed by atoms with Crippen molar-refractivity contribution in [3.05, 3.63) is 439 Å². The van der Waals surface area contributed by atoms with Gasteiger partial charge in [0.15, 0.2) is 0 Å². The second-order valence-corrected chi connectivity index (χ2v) is 29.5. The summed E-state index contributed by atoms with van der Waals surface area (Å²) < 4.78 is 0. The molecule has 0 aliphatic carbocycles. The molecule has 0 radical (unpaired) electrons. The van der Waals surface area contributed by atoms with E-state index in [9.17, 15) is 0 Å². The van der Waals surface area contributed by atoms with Gasteiger partial charge >= 0.3 is 0 Å². The number of fused-ring (bicyclic) bond motifs is 7. The number of hydrogen-bond acceptors (Lipinski definition) is 0. The van der Waals surface area contributed by atoms with Gasteiger partial charge in [-0.15, -0.1) is 0 Å². The fourth-order valence-corrected chi connectivity index (χ4v) is 12.9. The van der Waals surface area contributed by atoms with Crippen LogP contribution in [0.1, 0.15) is 111 Å². The highest BCUT2D eigenvalue weighted by Gasteiger charge is 2.02. The molecule has 108 heavy (non-hydrogen) atoms. The molecule has 0 spiro atoms. The van der Waals surface area contributed by atoms with Gasteiger partial charge in [-0.2, -0.15) is 0 Å². The molecule has 17 aromatic carbocycles. The van der Waals surface area contributed by atoms with Crippen molar-refractivity contribution in [3.63, 3.8) is 0 Å². The molecule has 0 fully saturated rings. The number of rotatable bonds is 0. The van der Waals surface area contributed by atoms with Crippen LogP contribution >= 0.6 is 0 Å². The first-order valence-corrected chi connectivity index (χ1v) is 38.1. The number of aryl methyl sites for hydroxylation is 20. The molecule has 0 nitrogen and oxygen atoms in total. The maximum absolute atomic E-state index is 2.24. The molecule has 0 unspecified atom stereocenters. The van der Waals surface area contributed by atoms with Gasteiger partial charge in [-0.1, -0.05) is 389 Å². The zero-order valence-corrected chi connectivity index (χ0v) is 68.2. The van der Waals surface area contributed by atoms with E-state index in [1.807, 2.05) is 0 Å². The standard InChI is InChI=1S/7C12H12.3C8H10/c1-9-3-5-12-8-10(2)4-6-11(12)7-9;1-9-3-5-11-6-4-10(2)8-12(11)7-9;1-9-6-7-12-10(2)4-3-5-11(12)8-9;1-9-6-7-11-5-3-4-10(2)12(11)8-9;1-9-7-11-5-3-4-6-12(11)8-10(9)2;1-9-7-10(2)12-6-4-3-5-11(12)8-9;1-9-7-8-11-5-3-4-6-12(11)10(9)2;1-7-3-5-8(2)6-4-7;1-7-4-3-5-8(2)6-7;1-7-5-3-4-6-8(7)2/h7*3-8H,1-2H3;3*3-6H,1-2H3. The van der Waals surface area contributed by atoms with Crippen LogP contribution in [0.25, 0.3) is 75.4 Å². The van der Waals surface area contributed by atoms with E-state index in [1.165, 1.54) is 187 Å². The molecule has 0 amide bonds. The molecular weight excluding hydrogens is 1300 g/mol. The Kier molecular flexibility index (Phi) is 31.1. The van der Waals surface area contributed by atoms with Crippen LogP contribution < -0.4 is 0 Å². The summed E-state index contributed by atoms with van der Waals surface area (Å²) in [5.74, 6) is 0. The van der Waals surface area contributed by atoms with Crippen molar-refractivity contribution in [1.29, 1.82) is 0 Å². The average Bonchev–Trinajstić information content (AvgIpc) is 0.848. The van der Waals surface area contributed by atoms with Crippen molar-refractivity contribution < 1.29 is 0 Å². The third-order valence-corrected chi connectivity index (χ3v) is 19.7. The van der Waals surface area contributed by atoms with Gasteiger partial charge in [0, 0.05) is 0 Å². The van der Waals surface area contributed by atoms with Crippen molar-refractivity contribution >= 4 is 75.4 Å². The summed E-state index contributed by atoms with van der Waals surface area (Å²) in [6.45, 7) is 42.6. The first-order valence-electron chi connectivity index (χ1n) is 38.1. The maximum Gasteiger partial charge on any atom is -0.0152 e. The van der Waals surface area contributed by atoms with E-state index in [0.717, 1.165) is 0 Å². The quantitative estimate of drug-likeness (QED) is 0.142. The van der Waals surface area contributed by atoms with Crippen LogP contribution in [0.2, 0.25) is 0 Å². The fraction of sp³-hybridized carbons (Fsp3) is 0.185. The zero-order valence-electron chi connectivity index (χ0n) is 68.2. The molecule has 0 N–H and O–H groups in total. The third-order valence-electron chi connectivity index (χ3n) is 19.7. The van der Waals surface area contributed by atoms with Crippen molar-refractivity contribution in [1.82, 2.24) is 0 Å². The van der Waals surface area contributed by atoms with Crippen LogP contribution in [0.15, 0.2) is 328 Å². The van der Waals surface area contributed by atoms with Gasteiger partial charge < -0.3 is 0 Å². The maximum atomic E-state index is 2.24. The highest BCUT2D eigenvalue weighted by molar-refractivity contribution is 5.90. The van der Waals surface area contributed by atoms with E-state index in [-0.39, 0.29) is 0 Å². The van der Waals surface area contributed by atoms with Gasteiger partial charge in [0.05, 0.1) is 0 Å². The molecule has 0 bridgehead atoms. The summed E-state index contributed by atoms with van der Waals surface area (Å²) in [5.41, 5.74) is 27.0. The normalized spacial score (nSPS) is 10.2. The van der Waals surface area contributed by atoms with Gasteiger partial charge in [0.1, 0.15) is 0 Å². The molecule has 0 atom stereocenters. The van der Waals surface area contributed by atoms with Crippen LogP contribution in [-0.2, 0) is 0 Å². The van der Waals surface area contributed by atoms with Crippen molar-refractivity contribution in [2.75, 3.05) is 0 Å². The highest BCUT2D eigenvalue weighted by Crippen LogP contribution is 2.25. The smallest absolute Gasteiger partial charge is 0.0152 e. The molecule has 0 aromatic heterocycles. The fourth-order valence-electron chi connectivity index (χ4n) is 12.9. The number of benzene rings is 17. The van der Waals surface area contributed by atoms with E-state index in [2.05, 4.69) is 466 Å². The van der Waals surface area contributed by atoms with Gasteiger partial charge in [-0.25, -0.2) is 0 Å². The Morgan fingerprint density at radius 2 is 0.407 bits per heavy atom. The Morgan fingerprint density at radius 1 is 0.111 bits per heavy atom. The Balaban J connectivity index is 0.000000152. The second kappa shape index (κ2) is 40.9. The molecule has 17 rings (SSSR count). The molecule has 0 aliphatic rings. The lowest BCUT2D eigenvalue weighted by Gasteiger charge is -2.04. The van der Waals surface area contributed by atoms with Gasteiger partial charge in [-0.3, -0.25) is 0 Å². The van der Waals surface area contributed by atoms with E-state index >= 15 is 0 Å². The third kappa shape index (κ3) is 25.7. The highest BCUT2D eigenvalue weighted by atomic mass is 14.1. The Hall–Kier alpha value is -11.4. The molecule has 0 saturated heterocycles. The van der Waals surface area contributed by atoms with Gasteiger partial charge in [-0.05, 0) is 264 Å². The van der Waals surface area contributed by atoms with Crippen LogP contribution in [0.3, 0.4) is 0 Å².